The van der Waals surface area contributed by atoms with E-state index in [0.717, 1.165) is 39.4 Å². The van der Waals surface area contributed by atoms with Crippen LogP contribution in [0.4, 0.5) is 5.69 Å². The quantitative estimate of drug-likeness (QED) is 0.764. The number of halogens is 2. The molecule has 0 bridgehead atoms. The Morgan fingerprint density at radius 2 is 1.80 bits per heavy atom. The van der Waals surface area contributed by atoms with E-state index in [1.807, 2.05) is 30.3 Å². The molecule has 2 aromatic rings. The lowest BCUT2D eigenvalue weighted by molar-refractivity contribution is -0.921. The van der Waals surface area contributed by atoms with Crippen molar-refractivity contribution >= 4 is 39.1 Å². The van der Waals surface area contributed by atoms with Gasteiger partial charge in [0.25, 0.3) is 5.91 Å². The highest BCUT2D eigenvalue weighted by Gasteiger charge is 2.44. The first-order valence-electron chi connectivity index (χ1n) is 8.84. The summed E-state index contributed by atoms with van der Waals surface area (Å²) >= 11 is 10.2. The molecule has 1 amide bonds. The lowest BCUT2D eigenvalue weighted by Gasteiger charge is -2.39. The standard InChI is InChI=1S/C20H20BrClN2O/c21-13-8-9-17-15(12-13)18(14-6-2-3-7-16(14)22)19(20(25)23-17)24-10-4-1-5-11-24/h2-3,6-9,12,18-19H,1,4-5,10-11H2,(H,23,25)/p+1/t18-,19+/m0/s1. The summed E-state index contributed by atoms with van der Waals surface area (Å²) in [5.74, 6) is 0.0830. The van der Waals surface area contributed by atoms with E-state index >= 15 is 0 Å². The fourth-order valence-electron chi connectivity index (χ4n) is 4.26. The summed E-state index contributed by atoms with van der Waals surface area (Å²) < 4.78 is 1.02. The summed E-state index contributed by atoms with van der Waals surface area (Å²) in [5.41, 5.74) is 3.08. The van der Waals surface area contributed by atoms with Crippen LogP contribution in [0, 0.1) is 0 Å². The number of carbonyl (C=O) groups is 1. The second kappa shape index (κ2) is 7.10. The maximum Gasteiger partial charge on any atom is 0.283 e. The molecule has 1 fully saturated rings. The highest BCUT2D eigenvalue weighted by molar-refractivity contribution is 9.10. The van der Waals surface area contributed by atoms with Crippen LogP contribution in [0.1, 0.15) is 36.3 Å². The molecular formula is C20H21BrClN2O+. The van der Waals surface area contributed by atoms with Gasteiger partial charge in [-0.2, -0.15) is 0 Å². The van der Waals surface area contributed by atoms with Crippen LogP contribution in [0.25, 0.3) is 0 Å². The Morgan fingerprint density at radius 3 is 2.56 bits per heavy atom. The van der Waals surface area contributed by atoms with Gasteiger partial charge in [-0.05, 0) is 54.7 Å². The molecule has 0 unspecified atom stereocenters. The smallest absolute Gasteiger partial charge is 0.283 e. The van der Waals surface area contributed by atoms with Crippen LogP contribution in [0.15, 0.2) is 46.9 Å². The molecule has 2 heterocycles. The Hall–Kier alpha value is -1.36. The van der Waals surface area contributed by atoms with E-state index in [-0.39, 0.29) is 17.9 Å². The van der Waals surface area contributed by atoms with Gasteiger partial charge in [0.1, 0.15) is 0 Å². The van der Waals surface area contributed by atoms with Crippen LogP contribution >= 0.6 is 27.5 Å². The van der Waals surface area contributed by atoms with Crippen molar-refractivity contribution < 1.29 is 9.69 Å². The number of fused-ring (bicyclic) bond motifs is 1. The summed E-state index contributed by atoms with van der Waals surface area (Å²) in [7, 11) is 0. The van der Waals surface area contributed by atoms with Gasteiger partial charge in [0.2, 0.25) is 0 Å². The van der Waals surface area contributed by atoms with Crippen molar-refractivity contribution in [1.82, 2.24) is 0 Å². The minimum atomic E-state index is -0.137. The molecule has 2 aliphatic rings. The summed E-state index contributed by atoms with van der Waals surface area (Å²) in [6, 6.07) is 13.9. The van der Waals surface area contributed by atoms with E-state index in [2.05, 4.69) is 33.4 Å². The molecule has 0 radical (unpaired) electrons. The van der Waals surface area contributed by atoms with Crippen molar-refractivity contribution in [3.05, 3.63) is 63.1 Å². The fourth-order valence-corrected chi connectivity index (χ4v) is 4.89. The third kappa shape index (κ3) is 3.23. The molecule has 25 heavy (non-hydrogen) atoms. The largest absolute Gasteiger partial charge is 0.324 e. The van der Waals surface area contributed by atoms with Gasteiger partial charge in [-0.1, -0.05) is 45.7 Å². The van der Waals surface area contributed by atoms with Crippen molar-refractivity contribution in [2.24, 2.45) is 0 Å². The van der Waals surface area contributed by atoms with Crippen molar-refractivity contribution in [2.75, 3.05) is 18.4 Å². The zero-order chi connectivity index (χ0) is 17.4. The summed E-state index contributed by atoms with van der Waals surface area (Å²) in [6.07, 6.45) is 3.62. The molecule has 4 rings (SSSR count). The van der Waals surface area contributed by atoms with E-state index in [1.54, 1.807) is 0 Å². The van der Waals surface area contributed by atoms with Crippen molar-refractivity contribution in [3.8, 4) is 0 Å². The maximum atomic E-state index is 13.0. The predicted octanol–water partition coefficient (Wildman–Crippen LogP) is 3.62. The second-order valence-corrected chi connectivity index (χ2v) is 8.24. The summed E-state index contributed by atoms with van der Waals surface area (Å²) in [5, 5.41) is 3.86. The van der Waals surface area contributed by atoms with Crippen molar-refractivity contribution in [2.45, 2.75) is 31.2 Å². The van der Waals surface area contributed by atoms with E-state index in [4.69, 9.17) is 11.6 Å². The SMILES string of the molecule is O=C1Nc2ccc(Br)cc2[C@H](c2ccccc2Cl)[C@H]1[NH+]1CCCCC1. The van der Waals surface area contributed by atoms with E-state index in [1.165, 1.54) is 24.2 Å². The number of likely N-dealkylation sites (tertiary alicyclic amines) is 1. The maximum absolute atomic E-state index is 13.0. The number of rotatable bonds is 2. The van der Waals surface area contributed by atoms with Gasteiger partial charge in [0.15, 0.2) is 6.04 Å². The van der Waals surface area contributed by atoms with Gasteiger partial charge in [0, 0.05) is 15.2 Å². The average molecular weight is 421 g/mol. The first-order chi connectivity index (χ1) is 12.1. The third-order valence-corrected chi connectivity index (χ3v) is 6.24. The van der Waals surface area contributed by atoms with Crippen LogP contribution < -0.4 is 10.2 Å². The monoisotopic (exact) mass is 419 g/mol. The normalized spacial score (nSPS) is 23.8. The average Bonchev–Trinajstić information content (AvgIpc) is 2.62. The van der Waals surface area contributed by atoms with Crippen LogP contribution in [0.3, 0.4) is 0 Å². The molecule has 0 spiro atoms. The van der Waals surface area contributed by atoms with Gasteiger partial charge in [-0.25, -0.2) is 0 Å². The highest BCUT2D eigenvalue weighted by Crippen LogP contribution is 2.40. The number of benzene rings is 2. The molecule has 1 saturated heterocycles. The molecule has 0 aliphatic carbocycles. The molecule has 0 saturated carbocycles. The Bertz CT molecular complexity index is 804. The number of hydrogen-bond acceptors (Lipinski definition) is 1. The van der Waals surface area contributed by atoms with Gasteiger partial charge in [-0.3, -0.25) is 4.79 Å². The Balaban J connectivity index is 1.87. The number of amides is 1. The number of nitrogens with one attached hydrogen (secondary N) is 2. The number of anilines is 1. The molecular weight excluding hydrogens is 400 g/mol. The van der Waals surface area contributed by atoms with Gasteiger partial charge in [-0.15, -0.1) is 0 Å². The van der Waals surface area contributed by atoms with Gasteiger partial charge >= 0.3 is 0 Å². The minimum Gasteiger partial charge on any atom is -0.324 e. The number of carbonyl (C=O) groups excluding carboxylic acids is 1. The Labute approximate surface area is 161 Å². The summed E-state index contributed by atoms with van der Waals surface area (Å²) in [4.78, 5) is 14.4. The lowest BCUT2D eigenvalue weighted by atomic mass is 9.80. The lowest BCUT2D eigenvalue weighted by Crippen LogP contribution is -3.18. The topological polar surface area (TPSA) is 33.5 Å². The van der Waals surface area contributed by atoms with Crippen LogP contribution in [-0.2, 0) is 4.79 Å². The van der Waals surface area contributed by atoms with E-state index in [0.29, 0.717) is 0 Å². The van der Waals surface area contributed by atoms with E-state index in [9.17, 15) is 4.79 Å². The zero-order valence-corrected chi connectivity index (χ0v) is 16.2. The molecule has 3 nitrogen and oxygen atoms in total. The second-order valence-electron chi connectivity index (χ2n) is 6.92. The molecule has 2 atom stereocenters. The number of piperidine rings is 1. The predicted molar refractivity (Wildman–Crippen MR) is 104 cm³/mol. The zero-order valence-electron chi connectivity index (χ0n) is 13.9. The fraction of sp³-hybridized carbons (Fsp3) is 0.350. The molecule has 2 aliphatic heterocycles. The minimum absolute atomic E-state index is 0.0250. The molecule has 2 aromatic carbocycles. The highest BCUT2D eigenvalue weighted by atomic mass is 79.9. The van der Waals surface area contributed by atoms with E-state index < -0.39 is 0 Å². The molecule has 2 N–H and O–H groups in total. The number of quaternary nitrogens is 1. The van der Waals surface area contributed by atoms with Crippen LogP contribution in [-0.4, -0.2) is 25.0 Å². The van der Waals surface area contributed by atoms with Gasteiger partial charge < -0.3 is 10.2 Å². The Kier molecular flexibility index (Phi) is 4.85. The molecule has 5 heteroatoms. The molecule has 130 valence electrons. The Morgan fingerprint density at radius 1 is 1.04 bits per heavy atom. The van der Waals surface area contributed by atoms with Gasteiger partial charge in [0.05, 0.1) is 19.0 Å². The summed E-state index contributed by atoms with van der Waals surface area (Å²) in [6.45, 7) is 2.09. The van der Waals surface area contributed by atoms with Crippen LogP contribution in [0.2, 0.25) is 5.02 Å². The third-order valence-electron chi connectivity index (χ3n) is 5.40. The molecule has 0 aromatic heterocycles. The number of hydrogen-bond donors (Lipinski definition) is 2. The first-order valence-corrected chi connectivity index (χ1v) is 10.0. The van der Waals surface area contributed by atoms with Crippen molar-refractivity contribution in [1.29, 1.82) is 0 Å². The van der Waals surface area contributed by atoms with Crippen LogP contribution in [0.5, 0.6) is 0 Å². The first kappa shape index (κ1) is 17.1. The van der Waals surface area contributed by atoms with Crippen molar-refractivity contribution in [3.63, 3.8) is 0 Å².